The van der Waals surface area contributed by atoms with Gasteiger partial charge in [-0.05, 0) is 37.0 Å². The van der Waals surface area contributed by atoms with E-state index in [1.54, 1.807) is 6.07 Å². The van der Waals surface area contributed by atoms with Crippen molar-refractivity contribution in [3.63, 3.8) is 0 Å². The lowest BCUT2D eigenvalue weighted by atomic mass is 10.00. The second kappa shape index (κ2) is 6.54. The topological polar surface area (TPSA) is 62.4 Å². The number of benzene rings is 1. The van der Waals surface area contributed by atoms with Gasteiger partial charge >= 0.3 is 5.97 Å². The van der Waals surface area contributed by atoms with E-state index in [2.05, 4.69) is 4.98 Å². The van der Waals surface area contributed by atoms with E-state index < -0.39 is 0 Å². The van der Waals surface area contributed by atoms with Crippen molar-refractivity contribution in [3.05, 3.63) is 35.0 Å². The number of hydrogen-bond donors (Lipinski definition) is 1. The molecular weight excluding hydrogens is 316 g/mol. The number of aromatic amines is 1. The van der Waals surface area contributed by atoms with Crippen LogP contribution in [-0.2, 0) is 22.5 Å². The molecule has 1 amide bonds. The minimum atomic E-state index is -0.332. The molecule has 2 aliphatic rings. The maximum atomic E-state index is 12.7. The predicted molar refractivity (Wildman–Crippen MR) is 95.3 cm³/mol. The zero-order chi connectivity index (χ0) is 17.4. The number of nitrogens with zero attached hydrogens (tertiary/aromatic N) is 1. The summed E-state index contributed by atoms with van der Waals surface area (Å²) in [6.07, 6.45) is 6.45. The highest BCUT2D eigenvalue weighted by molar-refractivity contribution is 5.96. The van der Waals surface area contributed by atoms with E-state index >= 15 is 0 Å². The third kappa shape index (κ3) is 3.03. The second-order valence-electron chi connectivity index (χ2n) is 7.25. The Kier molecular flexibility index (Phi) is 4.24. The number of esters is 1. The van der Waals surface area contributed by atoms with Crippen molar-refractivity contribution < 1.29 is 14.3 Å². The molecule has 1 aromatic carbocycles. The number of methoxy groups -OCH3 is 1. The third-order valence-corrected chi connectivity index (χ3v) is 5.69. The fourth-order valence-corrected chi connectivity index (χ4v) is 4.26. The van der Waals surface area contributed by atoms with Crippen LogP contribution >= 0.6 is 0 Å². The van der Waals surface area contributed by atoms with Crippen molar-refractivity contribution >= 4 is 22.8 Å². The van der Waals surface area contributed by atoms with Gasteiger partial charge < -0.3 is 14.6 Å². The molecule has 2 heterocycles. The number of aromatic nitrogens is 1. The molecular formula is C20H24N2O3. The summed E-state index contributed by atoms with van der Waals surface area (Å²) in [4.78, 5) is 29.9. The Bertz CT molecular complexity index is 818. The van der Waals surface area contributed by atoms with Crippen LogP contribution < -0.4 is 0 Å². The molecule has 0 atom stereocenters. The first-order chi connectivity index (χ1) is 12.2. The molecule has 0 radical (unpaired) electrons. The molecule has 4 rings (SSSR count). The molecule has 132 valence electrons. The van der Waals surface area contributed by atoms with Crippen molar-refractivity contribution in [3.8, 4) is 0 Å². The van der Waals surface area contributed by atoms with Gasteiger partial charge in [-0.2, -0.15) is 0 Å². The van der Waals surface area contributed by atoms with E-state index in [1.807, 2.05) is 17.0 Å². The number of rotatable bonds is 3. The van der Waals surface area contributed by atoms with Crippen LogP contribution in [0, 0.1) is 5.92 Å². The Morgan fingerprint density at radius 2 is 2.08 bits per heavy atom. The molecule has 1 aliphatic carbocycles. The molecule has 1 fully saturated rings. The number of carbonyl (C=O) groups is 2. The summed E-state index contributed by atoms with van der Waals surface area (Å²) in [7, 11) is 1.39. The lowest BCUT2D eigenvalue weighted by Gasteiger charge is -2.28. The maximum absolute atomic E-state index is 12.7. The average Bonchev–Trinajstić information content (AvgIpc) is 3.27. The summed E-state index contributed by atoms with van der Waals surface area (Å²) >= 11 is 0. The standard InChI is InChI=1S/C20H24N2O3/c1-25-20(24)14-6-7-17-15(11-14)16-12-22(9-8-18(16)21-17)19(23)10-13-4-2-3-5-13/h6-7,11,13,21H,2-5,8-10,12H2,1H3. The normalized spacial score (nSPS) is 17.7. The van der Waals surface area contributed by atoms with Gasteiger partial charge in [0.1, 0.15) is 0 Å². The van der Waals surface area contributed by atoms with Gasteiger partial charge in [-0.25, -0.2) is 4.79 Å². The van der Waals surface area contributed by atoms with Crippen molar-refractivity contribution in [2.45, 2.75) is 45.1 Å². The molecule has 1 aromatic heterocycles. The molecule has 25 heavy (non-hydrogen) atoms. The van der Waals surface area contributed by atoms with Crippen LogP contribution in [0.1, 0.15) is 53.7 Å². The Morgan fingerprint density at radius 3 is 2.84 bits per heavy atom. The monoisotopic (exact) mass is 340 g/mol. The molecule has 0 bridgehead atoms. The average molecular weight is 340 g/mol. The molecule has 0 spiro atoms. The first-order valence-electron chi connectivity index (χ1n) is 9.15. The van der Waals surface area contributed by atoms with E-state index in [4.69, 9.17) is 4.74 Å². The molecule has 1 aliphatic heterocycles. The lowest BCUT2D eigenvalue weighted by molar-refractivity contribution is -0.133. The van der Waals surface area contributed by atoms with Crippen LogP contribution in [0.5, 0.6) is 0 Å². The summed E-state index contributed by atoms with van der Waals surface area (Å²) in [5, 5.41) is 1.02. The lowest BCUT2D eigenvalue weighted by Crippen LogP contribution is -2.36. The third-order valence-electron chi connectivity index (χ3n) is 5.69. The number of nitrogens with one attached hydrogen (secondary N) is 1. The maximum Gasteiger partial charge on any atom is 0.337 e. The summed E-state index contributed by atoms with van der Waals surface area (Å²) in [6.45, 7) is 1.40. The summed E-state index contributed by atoms with van der Waals surface area (Å²) in [5.41, 5.74) is 3.89. The molecule has 2 aromatic rings. The number of amides is 1. The minimum absolute atomic E-state index is 0.274. The zero-order valence-corrected chi connectivity index (χ0v) is 14.6. The Labute approximate surface area is 147 Å². The largest absolute Gasteiger partial charge is 0.465 e. The van der Waals surface area contributed by atoms with E-state index in [-0.39, 0.29) is 11.9 Å². The highest BCUT2D eigenvalue weighted by Gasteiger charge is 2.27. The quantitative estimate of drug-likeness (QED) is 0.871. The van der Waals surface area contributed by atoms with Crippen LogP contribution in [0.2, 0.25) is 0 Å². The van der Waals surface area contributed by atoms with Crippen molar-refractivity contribution in [2.24, 2.45) is 5.92 Å². The van der Waals surface area contributed by atoms with E-state index in [0.29, 0.717) is 24.4 Å². The predicted octanol–water partition coefficient (Wildman–Crippen LogP) is 3.42. The molecule has 0 saturated heterocycles. The van der Waals surface area contributed by atoms with Gasteiger partial charge in [0.15, 0.2) is 0 Å². The smallest absolute Gasteiger partial charge is 0.337 e. The van der Waals surface area contributed by atoms with Crippen LogP contribution in [0.15, 0.2) is 18.2 Å². The van der Waals surface area contributed by atoms with E-state index in [0.717, 1.165) is 29.4 Å². The highest BCUT2D eigenvalue weighted by Crippen LogP contribution is 2.31. The van der Waals surface area contributed by atoms with Gasteiger partial charge in [0.25, 0.3) is 0 Å². The first-order valence-corrected chi connectivity index (χ1v) is 9.15. The number of ether oxygens (including phenoxy) is 1. The molecule has 5 nitrogen and oxygen atoms in total. The van der Waals surface area contributed by atoms with Crippen LogP contribution in [0.4, 0.5) is 0 Å². The summed E-state index contributed by atoms with van der Waals surface area (Å²) in [6, 6.07) is 5.57. The van der Waals surface area contributed by atoms with Crippen molar-refractivity contribution in [1.29, 1.82) is 0 Å². The number of H-pyrrole nitrogens is 1. The zero-order valence-electron chi connectivity index (χ0n) is 14.6. The van der Waals surface area contributed by atoms with Gasteiger partial charge in [0.05, 0.1) is 12.7 Å². The van der Waals surface area contributed by atoms with Gasteiger partial charge in [0, 0.05) is 48.1 Å². The van der Waals surface area contributed by atoms with E-state index in [1.165, 1.54) is 38.5 Å². The van der Waals surface area contributed by atoms with Crippen LogP contribution in [0.25, 0.3) is 10.9 Å². The Hall–Kier alpha value is -2.30. The second-order valence-corrected chi connectivity index (χ2v) is 7.25. The van der Waals surface area contributed by atoms with Crippen LogP contribution in [-0.4, -0.2) is 35.4 Å². The number of carbonyl (C=O) groups excluding carboxylic acids is 2. The highest BCUT2D eigenvalue weighted by atomic mass is 16.5. The van der Waals surface area contributed by atoms with Crippen molar-refractivity contribution in [2.75, 3.05) is 13.7 Å². The van der Waals surface area contributed by atoms with Gasteiger partial charge in [-0.3, -0.25) is 4.79 Å². The summed E-state index contributed by atoms with van der Waals surface area (Å²) in [5.74, 6) is 0.514. The molecule has 0 unspecified atom stereocenters. The Balaban J connectivity index is 1.58. The van der Waals surface area contributed by atoms with Gasteiger partial charge in [0.2, 0.25) is 5.91 Å². The number of fused-ring (bicyclic) bond motifs is 3. The minimum Gasteiger partial charge on any atom is -0.465 e. The number of hydrogen-bond acceptors (Lipinski definition) is 3. The molecule has 1 N–H and O–H groups in total. The fraction of sp³-hybridized carbons (Fsp3) is 0.500. The molecule has 1 saturated carbocycles. The fourth-order valence-electron chi connectivity index (χ4n) is 4.26. The first kappa shape index (κ1) is 16.2. The SMILES string of the molecule is COC(=O)c1ccc2[nH]c3c(c2c1)CN(C(=O)CC1CCCC1)CC3. The van der Waals surface area contributed by atoms with Crippen LogP contribution in [0.3, 0.4) is 0 Å². The van der Waals surface area contributed by atoms with Crippen molar-refractivity contribution in [1.82, 2.24) is 9.88 Å². The van der Waals surface area contributed by atoms with Gasteiger partial charge in [-0.1, -0.05) is 12.8 Å². The van der Waals surface area contributed by atoms with Gasteiger partial charge in [-0.15, -0.1) is 0 Å². The summed E-state index contributed by atoms with van der Waals surface area (Å²) < 4.78 is 4.83. The van der Waals surface area contributed by atoms with E-state index in [9.17, 15) is 9.59 Å². The Morgan fingerprint density at radius 1 is 1.28 bits per heavy atom. The molecule has 5 heteroatoms.